The molecule has 1 saturated heterocycles. The Bertz CT molecular complexity index is 875. The van der Waals surface area contributed by atoms with Gasteiger partial charge in [0.1, 0.15) is 11.8 Å². The molecule has 0 aliphatic carbocycles. The van der Waals surface area contributed by atoms with Crippen LogP contribution in [0.2, 0.25) is 0 Å². The highest BCUT2D eigenvalue weighted by Gasteiger charge is 2.28. The highest BCUT2D eigenvalue weighted by molar-refractivity contribution is 6.07. The van der Waals surface area contributed by atoms with Crippen LogP contribution < -0.4 is 10.1 Å². The number of ether oxygens (including phenoxy) is 1. The van der Waals surface area contributed by atoms with Crippen molar-refractivity contribution in [3.63, 3.8) is 0 Å². The number of likely N-dealkylation sites (tertiary alicyclic amines) is 1. The fourth-order valence-corrected chi connectivity index (χ4v) is 3.13. The molecule has 1 unspecified atom stereocenters. The first kappa shape index (κ1) is 17.7. The number of aromatic nitrogens is 1. The zero-order valence-electron chi connectivity index (χ0n) is 14.6. The number of amides is 2. The number of nitrogens with one attached hydrogen (secondary N) is 1. The van der Waals surface area contributed by atoms with Gasteiger partial charge in [-0.25, -0.2) is 0 Å². The Kier molecular flexibility index (Phi) is 5.32. The number of nitrogens with zero attached hydrogens (tertiary/aromatic N) is 3. The number of pyridine rings is 1. The Morgan fingerprint density at radius 2 is 2.27 bits per heavy atom. The monoisotopic (exact) mass is 352 g/mol. The highest BCUT2D eigenvalue weighted by atomic mass is 16.5. The van der Waals surface area contributed by atoms with Crippen molar-refractivity contribution in [2.45, 2.75) is 25.8 Å². The summed E-state index contributed by atoms with van der Waals surface area (Å²) in [5.41, 5.74) is 1.10. The molecule has 7 heteroatoms. The average Bonchev–Trinajstić information content (AvgIpc) is 3.14. The molecule has 0 bridgehead atoms. The van der Waals surface area contributed by atoms with Gasteiger partial charge in [-0.2, -0.15) is 5.26 Å². The number of carbonyl (C=O) groups is 2. The van der Waals surface area contributed by atoms with Crippen molar-refractivity contribution < 1.29 is 14.3 Å². The zero-order chi connectivity index (χ0) is 18.5. The van der Waals surface area contributed by atoms with E-state index in [2.05, 4.69) is 16.4 Å². The fourth-order valence-electron chi connectivity index (χ4n) is 3.13. The zero-order valence-corrected chi connectivity index (χ0v) is 14.6. The second-order valence-corrected chi connectivity index (χ2v) is 6.03. The van der Waals surface area contributed by atoms with Gasteiger partial charge in [0.2, 0.25) is 5.91 Å². The first-order valence-electron chi connectivity index (χ1n) is 8.63. The van der Waals surface area contributed by atoms with Gasteiger partial charge in [0, 0.05) is 24.2 Å². The number of fused-ring (bicyclic) bond motifs is 1. The summed E-state index contributed by atoms with van der Waals surface area (Å²) in [6.45, 7) is 2.88. The number of nitriles is 1. The van der Waals surface area contributed by atoms with E-state index in [1.54, 1.807) is 30.5 Å². The molecule has 2 amide bonds. The Balaban J connectivity index is 1.72. The van der Waals surface area contributed by atoms with Crippen molar-refractivity contribution in [3.05, 3.63) is 36.0 Å². The molecule has 2 aromatic rings. The van der Waals surface area contributed by atoms with Crippen LogP contribution in [0.5, 0.6) is 5.75 Å². The summed E-state index contributed by atoms with van der Waals surface area (Å²) in [6.07, 6.45) is 3.06. The molecular weight excluding hydrogens is 332 g/mol. The Morgan fingerprint density at radius 1 is 1.42 bits per heavy atom. The molecule has 1 aromatic carbocycles. The highest BCUT2D eigenvalue weighted by Crippen LogP contribution is 2.22. The maximum absolute atomic E-state index is 12.5. The van der Waals surface area contributed by atoms with Crippen LogP contribution in [0.25, 0.3) is 10.9 Å². The van der Waals surface area contributed by atoms with Crippen LogP contribution >= 0.6 is 0 Å². The molecule has 1 fully saturated rings. The van der Waals surface area contributed by atoms with E-state index < -0.39 is 6.04 Å². The first-order chi connectivity index (χ1) is 12.6. The van der Waals surface area contributed by atoms with E-state index in [9.17, 15) is 9.59 Å². The van der Waals surface area contributed by atoms with Gasteiger partial charge < -0.3 is 15.0 Å². The molecule has 2 heterocycles. The predicted octanol–water partition coefficient (Wildman–Crippen LogP) is 1.88. The van der Waals surface area contributed by atoms with E-state index in [1.807, 2.05) is 6.92 Å². The smallest absolute Gasteiger partial charge is 0.252 e. The first-order valence-corrected chi connectivity index (χ1v) is 8.63. The van der Waals surface area contributed by atoms with Crippen molar-refractivity contribution in [1.29, 1.82) is 5.26 Å². The minimum Gasteiger partial charge on any atom is -0.494 e. The predicted molar refractivity (Wildman–Crippen MR) is 95.6 cm³/mol. The molecule has 0 saturated carbocycles. The molecule has 1 atom stereocenters. The summed E-state index contributed by atoms with van der Waals surface area (Å²) in [5, 5.41) is 12.4. The van der Waals surface area contributed by atoms with Crippen molar-refractivity contribution in [2.75, 3.05) is 19.7 Å². The third kappa shape index (κ3) is 3.59. The standard InChI is InChI=1S/C19H20N4O3/c1-2-26-14-5-6-15-16(7-8-21-17(15)10-14)19(25)22-12-18(24)23-9-3-4-13(23)11-20/h5-8,10,13H,2-4,9,12H2,1H3,(H,22,25). The number of hydrogen-bond donors (Lipinski definition) is 1. The van der Waals surface area contributed by atoms with Crippen LogP contribution in [0.1, 0.15) is 30.1 Å². The number of hydrogen-bond acceptors (Lipinski definition) is 5. The molecule has 3 rings (SSSR count). The largest absolute Gasteiger partial charge is 0.494 e. The third-order valence-corrected chi connectivity index (χ3v) is 4.39. The van der Waals surface area contributed by atoms with Gasteiger partial charge in [-0.05, 0) is 38.0 Å². The van der Waals surface area contributed by atoms with Gasteiger partial charge in [-0.1, -0.05) is 0 Å². The second kappa shape index (κ2) is 7.83. The summed E-state index contributed by atoms with van der Waals surface area (Å²) < 4.78 is 5.45. The molecule has 1 aromatic heterocycles. The van der Waals surface area contributed by atoms with E-state index in [4.69, 9.17) is 10.00 Å². The minimum atomic E-state index is -0.391. The lowest BCUT2D eigenvalue weighted by molar-refractivity contribution is -0.130. The van der Waals surface area contributed by atoms with E-state index in [1.165, 1.54) is 4.90 Å². The molecule has 134 valence electrons. The number of rotatable bonds is 5. The number of benzene rings is 1. The van der Waals surface area contributed by atoms with Crippen molar-refractivity contribution in [2.24, 2.45) is 0 Å². The van der Waals surface area contributed by atoms with Gasteiger partial charge in [-0.15, -0.1) is 0 Å². The van der Waals surface area contributed by atoms with Crippen LogP contribution in [0.3, 0.4) is 0 Å². The van der Waals surface area contributed by atoms with Crippen LogP contribution in [0.4, 0.5) is 0 Å². The minimum absolute atomic E-state index is 0.127. The molecule has 1 N–H and O–H groups in total. The molecule has 1 aliphatic heterocycles. The van der Waals surface area contributed by atoms with Crippen LogP contribution in [0, 0.1) is 11.3 Å². The van der Waals surface area contributed by atoms with Crippen LogP contribution in [-0.4, -0.2) is 47.4 Å². The molecule has 26 heavy (non-hydrogen) atoms. The summed E-state index contributed by atoms with van der Waals surface area (Å²) in [5.74, 6) is 0.110. The SMILES string of the molecule is CCOc1ccc2c(C(=O)NCC(=O)N3CCCC3C#N)ccnc2c1. The molecular formula is C19H20N4O3. The van der Waals surface area contributed by atoms with Crippen molar-refractivity contribution in [1.82, 2.24) is 15.2 Å². The normalized spacial score (nSPS) is 16.3. The Labute approximate surface area is 151 Å². The van der Waals surface area contributed by atoms with E-state index in [-0.39, 0.29) is 18.4 Å². The van der Waals surface area contributed by atoms with E-state index >= 15 is 0 Å². The van der Waals surface area contributed by atoms with Gasteiger partial charge >= 0.3 is 0 Å². The lowest BCUT2D eigenvalue weighted by Crippen LogP contribution is -2.42. The number of carbonyl (C=O) groups excluding carboxylic acids is 2. The maximum atomic E-state index is 12.5. The fraction of sp³-hybridized carbons (Fsp3) is 0.368. The summed E-state index contributed by atoms with van der Waals surface area (Å²) in [7, 11) is 0. The maximum Gasteiger partial charge on any atom is 0.252 e. The van der Waals surface area contributed by atoms with Crippen molar-refractivity contribution in [3.8, 4) is 11.8 Å². The van der Waals surface area contributed by atoms with E-state index in [0.717, 1.165) is 6.42 Å². The lowest BCUT2D eigenvalue weighted by atomic mass is 10.1. The van der Waals surface area contributed by atoms with E-state index in [0.29, 0.717) is 41.8 Å². The lowest BCUT2D eigenvalue weighted by Gasteiger charge is -2.19. The molecule has 1 aliphatic rings. The summed E-state index contributed by atoms with van der Waals surface area (Å²) in [6, 6.07) is 8.71. The molecule has 0 radical (unpaired) electrons. The van der Waals surface area contributed by atoms with Gasteiger partial charge in [0.15, 0.2) is 0 Å². The van der Waals surface area contributed by atoms with Crippen molar-refractivity contribution >= 4 is 22.7 Å². The summed E-state index contributed by atoms with van der Waals surface area (Å²) >= 11 is 0. The Morgan fingerprint density at radius 3 is 3.04 bits per heavy atom. The van der Waals surface area contributed by atoms with Crippen LogP contribution in [0.15, 0.2) is 30.5 Å². The average molecular weight is 352 g/mol. The van der Waals surface area contributed by atoms with Gasteiger partial charge in [-0.3, -0.25) is 14.6 Å². The Hall–Kier alpha value is -3.14. The summed E-state index contributed by atoms with van der Waals surface area (Å²) in [4.78, 5) is 30.6. The topological polar surface area (TPSA) is 95.3 Å². The third-order valence-electron chi connectivity index (χ3n) is 4.39. The van der Waals surface area contributed by atoms with Gasteiger partial charge in [0.05, 0.1) is 30.3 Å². The molecule has 7 nitrogen and oxygen atoms in total. The second-order valence-electron chi connectivity index (χ2n) is 6.03. The molecule has 0 spiro atoms. The van der Waals surface area contributed by atoms with Gasteiger partial charge in [0.25, 0.3) is 5.91 Å². The van der Waals surface area contributed by atoms with Crippen LogP contribution in [-0.2, 0) is 4.79 Å². The quantitative estimate of drug-likeness (QED) is 0.886.